The summed E-state index contributed by atoms with van der Waals surface area (Å²) >= 11 is 0. The second-order valence-corrected chi connectivity index (χ2v) is 5.61. The fourth-order valence-electron chi connectivity index (χ4n) is 2.47. The van der Waals surface area contributed by atoms with E-state index in [0.717, 1.165) is 12.8 Å². The lowest BCUT2D eigenvalue weighted by Crippen LogP contribution is -2.34. The summed E-state index contributed by atoms with van der Waals surface area (Å²) in [5, 5.41) is 12.4. The molecule has 0 saturated carbocycles. The Hall–Kier alpha value is -1.72. The van der Waals surface area contributed by atoms with Crippen molar-refractivity contribution in [3.8, 4) is 0 Å². The summed E-state index contributed by atoms with van der Waals surface area (Å²) in [6.45, 7) is 4.75. The quantitative estimate of drug-likeness (QED) is 0.745. The molecule has 1 aromatic rings. The molecule has 0 saturated heterocycles. The molecule has 1 aliphatic rings. The van der Waals surface area contributed by atoms with Gasteiger partial charge in [0.2, 0.25) is 0 Å². The van der Waals surface area contributed by atoms with E-state index in [2.05, 4.69) is 5.32 Å². The first-order valence-electron chi connectivity index (χ1n) is 7.37. The molecule has 1 aromatic carbocycles. The van der Waals surface area contributed by atoms with E-state index in [1.54, 1.807) is 31.2 Å². The van der Waals surface area contributed by atoms with Crippen LogP contribution in [0, 0.1) is 0 Å². The fourth-order valence-corrected chi connectivity index (χ4v) is 2.47. The van der Waals surface area contributed by atoms with E-state index in [0.29, 0.717) is 24.2 Å². The van der Waals surface area contributed by atoms with Gasteiger partial charge in [-0.15, -0.1) is 0 Å². The molecule has 5 heteroatoms. The van der Waals surface area contributed by atoms with Gasteiger partial charge in [-0.3, -0.25) is 14.5 Å². The van der Waals surface area contributed by atoms with Crippen LogP contribution in [0.3, 0.4) is 0 Å². The minimum absolute atomic E-state index is 0.194. The van der Waals surface area contributed by atoms with Gasteiger partial charge in [-0.2, -0.15) is 0 Å². The summed E-state index contributed by atoms with van der Waals surface area (Å²) in [5.41, 5.74) is 1.01. The second-order valence-electron chi connectivity index (χ2n) is 5.61. The topological polar surface area (TPSA) is 69.6 Å². The number of imide groups is 1. The number of hydrogen-bond donors (Lipinski definition) is 2. The van der Waals surface area contributed by atoms with E-state index < -0.39 is 0 Å². The highest BCUT2D eigenvalue weighted by Crippen LogP contribution is 2.22. The SMILES string of the molecule is CC(O)CNC(C)CCCN1C(=O)c2ccccc2C1=O. The molecule has 2 rings (SSSR count). The van der Waals surface area contributed by atoms with Gasteiger partial charge in [-0.05, 0) is 38.8 Å². The lowest BCUT2D eigenvalue weighted by atomic mass is 10.1. The highest BCUT2D eigenvalue weighted by molar-refractivity contribution is 6.21. The predicted molar refractivity (Wildman–Crippen MR) is 80.2 cm³/mol. The standard InChI is InChI=1S/C16H22N2O3/c1-11(17-10-12(2)19)6-5-9-18-15(20)13-7-3-4-8-14(13)16(18)21/h3-4,7-8,11-12,17,19H,5-6,9-10H2,1-2H3. The number of nitrogens with zero attached hydrogens (tertiary/aromatic N) is 1. The lowest BCUT2D eigenvalue weighted by Gasteiger charge is -2.17. The third-order valence-corrected chi connectivity index (χ3v) is 3.66. The molecule has 2 unspecified atom stereocenters. The van der Waals surface area contributed by atoms with Gasteiger partial charge in [-0.25, -0.2) is 0 Å². The summed E-state index contributed by atoms with van der Waals surface area (Å²) in [7, 11) is 0. The Morgan fingerprint density at radius 1 is 1.14 bits per heavy atom. The average molecular weight is 290 g/mol. The third-order valence-electron chi connectivity index (χ3n) is 3.66. The zero-order chi connectivity index (χ0) is 15.4. The van der Waals surface area contributed by atoms with Crippen molar-refractivity contribution in [2.75, 3.05) is 13.1 Å². The zero-order valence-electron chi connectivity index (χ0n) is 12.5. The molecule has 2 amide bonds. The van der Waals surface area contributed by atoms with Gasteiger partial charge in [0.1, 0.15) is 0 Å². The van der Waals surface area contributed by atoms with Crippen molar-refractivity contribution in [1.82, 2.24) is 10.2 Å². The molecule has 0 fully saturated rings. The number of rotatable bonds is 7. The summed E-state index contributed by atoms with van der Waals surface area (Å²) in [5.74, 6) is -0.389. The number of aliphatic hydroxyl groups is 1. The van der Waals surface area contributed by atoms with Crippen LogP contribution < -0.4 is 5.32 Å². The fraction of sp³-hybridized carbons (Fsp3) is 0.500. The lowest BCUT2D eigenvalue weighted by molar-refractivity contribution is 0.0650. The van der Waals surface area contributed by atoms with Crippen LogP contribution in [0.4, 0.5) is 0 Å². The predicted octanol–water partition coefficient (Wildman–Crippen LogP) is 1.42. The van der Waals surface area contributed by atoms with E-state index in [9.17, 15) is 14.7 Å². The van der Waals surface area contributed by atoms with E-state index in [4.69, 9.17) is 0 Å². The Morgan fingerprint density at radius 2 is 1.71 bits per heavy atom. The minimum Gasteiger partial charge on any atom is -0.392 e. The first kappa shape index (κ1) is 15.7. The summed E-state index contributed by atoms with van der Waals surface area (Å²) in [6.07, 6.45) is 1.23. The summed E-state index contributed by atoms with van der Waals surface area (Å²) < 4.78 is 0. The Balaban J connectivity index is 1.83. The van der Waals surface area contributed by atoms with Gasteiger partial charge in [-0.1, -0.05) is 12.1 Å². The molecule has 2 atom stereocenters. The molecule has 1 heterocycles. The molecule has 1 aliphatic heterocycles. The molecule has 0 aromatic heterocycles. The molecular formula is C16H22N2O3. The van der Waals surface area contributed by atoms with Crippen LogP contribution in [0.2, 0.25) is 0 Å². The number of fused-ring (bicyclic) bond motifs is 1. The smallest absolute Gasteiger partial charge is 0.261 e. The summed E-state index contributed by atoms with van der Waals surface area (Å²) in [6, 6.07) is 7.19. The number of nitrogens with one attached hydrogen (secondary N) is 1. The molecule has 114 valence electrons. The van der Waals surface area contributed by atoms with Crippen molar-refractivity contribution in [1.29, 1.82) is 0 Å². The van der Waals surface area contributed by atoms with Crippen LogP contribution in [0.1, 0.15) is 47.4 Å². The molecule has 0 spiro atoms. The molecular weight excluding hydrogens is 268 g/mol. The number of carbonyl (C=O) groups is 2. The van der Waals surface area contributed by atoms with Crippen LogP contribution in [0.5, 0.6) is 0 Å². The molecule has 5 nitrogen and oxygen atoms in total. The number of aliphatic hydroxyl groups excluding tert-OH is 1. The van der Waals surface area contributed by atoms with Gasteiger partial charge in [0.15, 0.2) is 0 Å². The molecule has 2 N–H and O–H groups in total. The first-order valence-corrected chi connectivity index (χ1v) is 7.37. The largest absolute Gasteiger partial charge is 0.392 e. The molecule has 0 radical (unpaired) electrons. The highest BCUT2D eigenvalue weighted by Gasteiger charge is 2.34. The normalized spacial score (nSPS) is 17.0. The van der Waals surface area contributed by atoms with Crippen molar-refractivity contribution in [3.63, 3.8) is 0 Å². The molecule has 0 bridgehead atoms. The Bertz CT molecular complexity index is 493. The number of hydrogen-bond acceptors (Lipinski definition) is 4. The van der Waals surface area contributed by atoms with Crippen molar-refractivity contribution in [3.05, 3.63) is 35.4 Å². The Labute approximate surface area is 125 Å². The first-order chi connectivity index (χ1) is 10.0. The summed E-state index contributed by atoms with van der Waals surface area (Å²) in [4.78, 5) is 25.6. The molecule has 0 aliphatic carbocycles. The van der Waals surface area contributed by atoms with Crippen molar-refractivity contribution in [2.24, 2.45) is 0 Å². The van der Waals surface area contributed by atoms with Crippen molar-refractivity contribution < 1.29 is 14.7 Å². The Kier molecular flexibility index (Phi) is 5.09. The Morgan fingerprint density at radius 3 is 2.24 bits per heavy atom. The van der Waals surface area contributed by atoms with Crippen LogP contribution in [0.15, 0.2) is 24.3 Å². The average Bonchev–Trinajstić information content (AvgIpc) is 2.70. The van der Waals surface area contributed by atoms with Gasteiger partial charge in [0, 0.05) is 19.1 Å². The van der Waals surface area contributed by atoms with Gasteiger partial charge in [0.25, 0.3) is 11.8 Å². The van der Waals surface area contributed by atoms with Crippen LogP contribution in [0.25, 0.3) is 0 Å². The number of carbonyl (C=O) groups excluding carboxylic acids is 2. The van der Waals surface area contributed by atoms with Crippen molar-refractivity contribution in [2.45, 2.75) is 38.8 Å². The molecule has 21 heavy (non-hydrogen) atoms. The van der Waals surface area contributed by atoms with Crippen LogP contribution in [-0.2, 0) is 0 Å². The highest BCUT2D eigenvalue weighted by atomic mass is 16.3. The van der Waals surface area contributed by atoms with Crippen molar-refractivity contribution >= 4 is 11.8 Å². The number of benzene rings is 1. The third kappa shape index (κ3) is 3.68. The monoisotopic (exact) mass is 290 g/mol. The van der Waals surface area contributed by atoms with E-state index in [-0.39, 0.29) is 24.0 Å². The van der Waals surface area contributed by atoms with Gasteiger partial charge >= 0.3 is 0 Å². The van der Waals surface area contributed by atoms with Gasteiger partial charge < -0.3 is 10.4 Å². The minimum atomic E-state index is -0.372. The van der Waals surface area contributed by atoms with Crippen LogP contribution >= 0.6 is 0 Å². The maximum absolute atomic E-state index is 12.2. The van der Waals surface area contributed by atoms with Crippen LogP contribution in [-0.4, -0.2) is 47.1 Å². The van der Waals surface area contributed by atoms with E-state index in [1.165, 1.54) is 4.90 Å². The van der Waals surface area contributed by atoms with E-state index >= 15 is 0 Å². The van der Waals surface area contributed by atoms with Gasteiger partial charge in [0.05, 0.1) is 17.2 Å². The zero-order valence-corrected chi connectivity index (χ0v) is 12.5. The maximum Gasteiger partial charge on any atom is 0.261 e. The second kappa shape index (κ2) is 6.83. The van der Waals surface area contributed by atoms with E-state index in [1.807, 2.05) is 6.92 Å². The maximum atomic E-state index is 12.2. The number of amides is 2.